The van der Waals surface area contributed by atoms with Crippen molar-refractivity contribution in [2.75, 3.05) is 6.54 Å². The van der Waals surface area contributed by atoms with Gasteiger partial charge in [-0.3, -0.25) is 5.10 Å². The average molecular weight is 214 g/mol. The number of aromatic nitrogens is 3. The molecule has 0 fully saturated rings. The van der Waals surface area contributed by atoms with Crippen LogP contribution in [0.3, 0.4) is 0 Å². The van der Waals surface area contributed by atoms with Gasteiger partial charge in [-0.15, -0.1) is 0 Å². The maximum absolute atomic E-state index is 4.09. The lowest BCUT2D eigenvalue weighted by atomic mass is 10.2. The fraction of sp³-hybridized carbons (Fsp3) is 0.778. The van der Waals surface area contributed by atoms with Crippen molar-refractivity contribution in [3.63, 3.8) is 0 Å². The van der Waals surface area contributed by atoms with Crippen molar-refractivity contribution in [3.8, 4) is 0 Å². The van der Waals surface area contributed by atoms with Crippen LogP contribution in [0.4, 0.5) is 0 Å². The summed E-state index contributed by atoms with van der Waals surface area (Å²) < 4.78 is 0. The largest absolute Gasteiger partial charge is 0.314 e. The molecule has 1 aromatic heterocycles. The summed E-state index contributed by atoms with van der Waals surface area (Å²) in [4.78, 5) is 4.09. The minimum Gasteiger partial charge on any atom is -0.314 e. The molecule has 0 bridgehead atoms. The molecule has 4 nitrogen and oxygen atoms in total. The van der Waals surface area contributed by atoms with Gasteiger partial charge in [0, 0.05) is 11.3 Å². The highest BCUT2D eigenvalue weighted by Crippen LogP contribution is 2.21. The Balaban J connectivity index is 2.25. The Morgan fingerprint density at radius 3 is 2.93 bits per heavy atom. The van der Waals surface area contributed by atoms with Gasteiger partial charge in [-0.2, -0.15) is 5.10 Å². The number of nitrogens with zero attached hydrogens (tertiary/aromatic N) is 2. The number of thioether (sulfide) groups is 1. The second kappa shape index (κ2) is 6.03. The van der Waals surface area contributed by atoms with Crippen LogP contribution in [0.1, 0.15) is 27.2 Å². The van der Waals surface area contributed by atoms with Crippen molar-refractivity contribution >= 4 is 11.8 Å². The van der Waals surface area contributed by atoms with Crippen molar-refractivity contribution in [1.29, 1.82) is 0 Å². The van der Waals surface area contributed by atoms with E-state index in [1.54, 1.807) is 18.1 Å². The smallest absolute Gasteiger partial charge is 0.183 e. The second-order valence-corrected chi connectivity index (χ2v) is 4.84. The fourth-order valence-corrected chi connectivity index (χ4v) is 2.40. The highest BCUT2D eigenvalue weighted by atomic mass is 32.2. The lowest BCUT2D eigenvalue weighted by Crippen LogP contribution is -2.28. The van der Waals surface area contributed by atoms with Crippen molar-refractivity contribution in [2.24, 2.45) is 0 Å². The van der Waals surface area contributed by atoms with Crippen molar-refractivity contribution < 1.29 is 0 Å². The molecule has 0 aromatic carbocycles. The van der Waals surface area contributed by atoms with E-state index in [1.165, 1.54) is 0 Å². The third kappa shape index (κ3) is 4.11. The van der Waals surface area contributed by atoms with Crippen LogP contribution >= 0.6 is 11.8 Å². The van der Waals surface area contributed by atoms with Crippen molar-refractivity contribution in [1.82, 2.24) is 20.5 Å². The van der Waals surface area contributed by atoms with Gasteiger partial charge in [0.05, 0.1) is 0 Å². The summed E-state index contributed by atoms with van der Waals surface area (Å²) in [6, 6.07) is 0.561. The normalized spacial score (nSPS) is 15.4. The van der Waals surface area contributed by atoms with Crippen LogP contribution in [-0.2, 0) is 0 Å². The maximum atomic E-state index is 4.09. The molecule has 2 unspecified atom stereocenters. The van der Waals surface area contributed by atoms with E-state index in [9.17, 15) is 0 Å². The van der Waals surface area contributed by atoms with Gasteiger partial charge in [-0.1, -0.05) is 25.6 Å². The first-order chi connectivity index (χ1) is 6.72. The first-order valence-corrected chi connectivity index (χ1v) is 5.85. The molecular formula is C9H18N4S. The van der Waals surface area contributed by atoms with Crippen LogP contribution in [-0.4, -0.2) is 33.0 Å². The van der Waals surface area contributed by atoms with E-state index in [-0.39, 0.29) is 0 Å². The molecule has 1 aromatic rings. The van der Waals surface area contributed by atoms with E-state index < -0.39 is 0 Å². The predicted octanol–water partition coefficient (Wildman–Crippen LogP) is 1.67. The van der Waals surface area contributed by atoms with Gasteiger partial charge in [-0.25, -0.2) is 4.98 Å². The molecule has 80 valence electrons. The third-order valence-corrected chi connectivity index (χ3v) is 2.96. The summed E-state index contributed by atoms with van der Waals surface area (Å²) in [5, 5.41) is 11.5. The minimum absolute atomic E-state index is 0.553. The summed E-state index contributed by atoms with van der Waals surface area (Å²) >= 11 is 1.74. The standard InChI is InChI=1S/C9H18N4S/c1-4-10-7(2)5-8(3)14-9-11-6-12-13-9/h6-8,10H,4-5H2,1-3H3,(H,11,12,13). The molecule has 0 amide bonds. The zero-order valence-corrected chi connectivity index (χ0v) is 9.77. The van der Waals surface area contributed by atoms with Crippen LogP contribution in [0.25, 0.3) is 0 Å². The second-order valence-electron chi connectivity index (χ2n) is 3.41. The van der Waals surface area contributed by atoms with E-state index >= 15 is 0 Å². The maximum Gasteiger partial charge on any atom is 0.183 e. The van der Waals surface area contributed by atoms with Crippen LogP contribution < -0.4 is 5.32 Å². The van der Waals surface area contributed by atoms with E-state index in [4.69, 9.17) is 0 Å². The van der Waals surface area contributed by atoms with E-state index in [0.717, 1.165) is 18.1 Å². The molecule has 14 heavy (non-hydrogen) atoms. The lowest BCUT2D eigenvalue weighted by molar-refractivity contribution is 0.529. The van der Waals surface area contributed by atoms with Gasteiger partial charge in [0.15, 0.2) is 5.16 Å². The van der Waals surface area contributed by atoms with Crippen LogP contribution in [0.2, 0.25) is 0 Å². The minimum atomic E-state index is 0.553. The monoisotopic (exact) mass is 214 g/mol. The van der Waals surface area contributed by atoms with Gasteiger partial charge in [-0.05, 0) is 19.9 Å². The zero-order valence-electron chi connectivity index (χ0n) is 8.95. The molecule has 0 aliphatic rings. The molecule has 0 radical (unpaired) electrons. The zero-order chi connectivity index (χ0) is 10.4. The first kappa shape index (κ1) is 11.5. The number of hydrogen-bond donors (Lipinski definition) is 2. The molecule has 2 N–H and O–H groups in total. The van der Waals surface area contributed by atoms with Gasteiger partial charge in [0.1, 0.15) is 6.33 Å². The Hall–Kier alpha value is -0.550. The molecule has 5 heteroatoms. The molecule has 0 aliphatic heterocycles. The molecular weight excluding hydrogens is 196 g/mol. The fourth-order valence-electron chi connectivity index (χ4n) is 1.42. The highest BCUT2D eigenvalue weighted by molar-refractivity contribution is 7.99. The molecule has 1 heterocycles. The Morgan fingerprint density at radius 2 is 2.36 bits per heavy atom. The van der Waals surface area contributed by atoms with E-state index in [2.05, 4.69) is 41.3 Å². The predicted molar refractivity (Wildman–Crippen MR) is 59.5 cm³/mol. The molecule has 2 atom stereocenters. The topological polar surface area (TPSA) is 53.6 Å². The van der Waals surface area contributed by atoms with Gasteiger partial charge in [0.25, 0.3) is 0 Å². The molecule has 0 aliphatic carbocycles. The Kier molecular flexibility index (Phi) is 4.97. The summed E-state index contributed by atoms with van der Waals surface area (Å²) in [6.45, 7) is 7.58. The average Bonchev–Trinajstić information content (AvgIpc) is 2.56. The van der Waals surface area contributed by atoms with Gasteiger partial charge < -0.3 is 5.32 Å². The number of H-pyrrole nitrogens is 1. The summed E-state index contributed by atoms with van der Waals surface area (Å²) in [5.41, 5.74) is 0. The summed E-state index contributed by atoms with van der Waals surface area (Å²) in [7, 11) is 0. The van der Waals surface area contributed by atoms with Crippen LogP contribution in [0.5, 0.6) is 0 Å². The summed E-state index contributed by atoms with van der Waals surface area (Å²) in [5.74, 6) is 0. The lowest BCUT2D eigenvalue weighted by Gasteiger charge is -2.16. The van der Waals surface area contributed by atoms with Crippen molar-refractivity contribution in [3.05, 3.63) is 6.33 Å². The molecule has 1 rings (SSSR count). The number of rotatable bonds is 6. The van der Waals surface area contributed by atoms with Crippen molar-refractivity contribution in [2.45, 2.75) is 43.6 Å². The van der Waals surface area contributed by atoms with E-state index in [0.29, 0.717) is 11.3 Å². The Bertz CT molecular complexity index is 237. The van der Waals surface area contributed by atoms with Crippen LogP contribution in [0, 0.1) is 0 Å². The Morgan fingerprint density at radius 1 is 1.57 bits per heavy atom. The quantitative estimate of drug-likeness (QED) is 0.707. The first-order valence-electron chi connectivity index (χ1n) is 4.97. The van der Waals surface area contributed by atoms with E-state index in [1.807, 2.05) is 0 Å². The SMILES string of the molecule is CCNC(C)CC(C)Sc1ncn[nH]1. The number of hydrogen-bond acceptors (Lipinski definition) is 4. The van der Waals surface area contributed by atoms with Gasteiger partial charge in [0.2, 0.25) is 0 Å². The Labute approximate surface area is 89.3 Å². The molecule has 0 saturated heterocycles. The van der Waals surface area contributed by atoms with Crippen LogP contribution in [0.15, 0.2) is 11.5 Å². The molecule has 0 spiro atoms. The third-order valence-electron chi connectivity index (χ3n) is 1.94. The van der Waals surface area contributed by atoms with Gasteiger partial charge >= 0.3 is 0 Å². The number of aromatic amines is 1. The molecule has 0 saturated carbocycles. The summed E-state index contributed by atoms with van der Waals surface area (Å²) in [6.07, 6.45) is 2.68. The highest BCUT2D eigenvalue weighted by Gasteiger charge is 2.10. The number of nitrogens with one attached hydrogen (secondary N) is 2.